The summed E-state index contributed by atoms with van der Waals surface area (Å²) in [5.41, 5.74) is 1.65. The van der Waals surface area contributed by atoms with Gasteiger partial charge in [-0.2, -0.15) is 0 Å². The normalized spacial score (nSPS) is 51.0. The second kappa shape index (κ2) is 4.43. The largest absolute Gasteiger partial charge is 0.393 e. The molecular weight excluding hydrogens is 248 g/mol. The summed E-state index contributed by atoms with van der Waals surface area (Å²) in [5, 5.41) is 10.4. The van der Waals surface area contributed by atoms with Crippen molar-refractivity contribution in [2.75, 3.05) is 0 Å². The molecule has 110 valence electrons. The van der Waals surface area contributed by atoms with E-state index in [1.807, 2.05) is 6.08 Å². The molecule has 2 nitrogen and oxygen atoms in total. The SMILES string of the molecule is C[C@]12CC[C@@H]3[C@@H](CCC4=CC(=O)CC[C@@H]43)[C@@H]1CC[C@@H]2O. The summed E-state index contributed by atoms with van der Waals surface area (Å²) in [5.74, 6) is 3.38. The molecule has 0 heterocycles. The zero-order valence-corrected chi connectivity index (χ0v) is 12.5. The van der Waals surface area contributed by atoms with Gasteiger partial charge in [0.05, 0.1) is 6.10 Å². The topological polar surface area (TPSA) is 37.3 Å². The molecule has 0 saturated heterocycles. The lowest BCUT2D eigenvalue weighted by molar-refractivity contribution is -0.116. The fourth-order valence-electron chi connectivity index (χ4n) is 6.15. The van der Waals surface area contributed by atoms with Gasteiger partial charge in [-0.3, -0.25) is 4.79 Å². The first-order valence-corrected chi connectivity index (χ1v) is 8.51. The Kier molecular flexibility index (Phi) is 2.89. The molecule has 6 atom stereocenters. The third-order valence-corrected chi connectivity index (χ3v) is 7.25. The highest BCUT2D eigenvalue weighted by Gasteiger charge is 2.55. The van der Waals surface area contributed by atoms with Gasteiger partial charge in [-0.15, -0.1) is 0 Å². The number of hydrogen-bond acceptors (Lipinski definition) is 2. The summed E-state index contributed by atoms with van der Waals surface area (Å²) in [4.78, 5) is 11.6. The average molecular weight is 274 g/mol. The van der Waals surface area contributed by atoms with Crippen molar-refractivity contribution in [1.82, 2.24) is 0 Å². The maximum absolute atomic E-state index is 11.6. The minimum absolute atomic E-state index is 0.0710. The molecule has 3 fully saturated rings. The van der Waals surface area contributed by atoms with Gasteiger partial charge in [0.1, 0.15) is 0 Å². The van der Waals surface area contributed by atoms with Gasteiger partial charge in [0, 0.05) is 6.42 Å². The minimum Gasteiger partial charge on any atom is -0.393 e. The molecule has 0 bridgehead atoms. The van der Waals surface area contributed by atoms with Crippen LogP contribution in [0.2, 0.25) is 0 Å². The average Bonchev–Trinajstić information content (AvgIpc) is 2.74. The lowest BCUT2D eigenvalue weighted by atomic mass is 9.52. The van der Waals surface area contributed by atoms with Crippen LogP contribution < -0.4 is 0 Å². The van der Waals surface area contributed by atoms with Crippen LogP contribution >= 0.6 is 0 Å². The van der Waals surface area contributed by atoms with Crippen molar-refractivity contribution in [3.8, 4) is 0 Å². The van der Waals surface area contributed by atoms with Crippen molar-refractivity contribution >= 4 is 5.78 Å². The van der Waals surface area contributed by atoms with E-state index < -0.39 is 0 Å². The first-order valence-electron chi connectivity index (χ1n) is 8.51. The van der Waals surface area contributed by atoms with Gasteiger partial charge in [-0.25, -0.2) is 0 Å². The predicted octanol–water partition coefficient (Wildman–Crippen LogP) is 3.49. The Morgan fingerprint density at radius 3 is 2.80 bits per heavy atom. The van der Waals surface area contributed by atoms with Gasteiger partial charge in [0.25, 0.3) is 0 Å². The Morgan fingerprint density at radius 2 is 1.95 bits per heavy atom. The second-order valence-electron chi connectivity index (χ2n) is 7.94. The number of rotatable bonds is 0. The number of allylic oxidation sites excluding steroid dienone is 1. The molecule has 0 unspecified atom stereocenters. The molecule has 4 aliphatic carbocycles. The Bertz CT molecular complexity index is 466. The molecule has 3 saturated carbocycles. The quantitative estimate of drug-likeness (QED) is 0.734. The molecule has 1 N–H and O–H groups in total. The first kappa shape index (κ1) is 13.1. The molecule has 0 radical (unpaired) electrons. The lowest BCUT2D eigenvalue weighted by Crippen LogP contribution is -2.47. The number of aliphatic hydroxyl groups is 1. The van der Waals surface area contributed by atoms with E-state index in [0.717, 1.165) is 43.4 Å². The molecule has 0 aromatic heterocycles. The standard InChI is InChI=1S/C18H26O2/c1-18-9-8-14-13-5-3-12(19)10-11(13)2-4-15(14)16(18)6-7-17(18)20/h10,13-17,20H,2-9H2,1H3/t13-,14-,15+,16-,17-,18-/m0/s1. The van der Waals surface area contributed by atoms with Crippen LogP contribution in [0.5, 0.6) is 0 Å². The van der Waals surface area contributed by atoms with Gasteiger partial charge < -0.3 is 5.11 Å². The van der Waals surface area contributed by atoms with E-state index in [2.05, 4.69) is 6.92 Å². The first-order chi connectivity index (χ1) is 9.59. The van der Waals surface area contributed by atoms with Crippen LogP contribution in [-0.2, 0) is 4.79 Å². The van der Waals surface area contributed by atoms with Crippen LogP contribution in [0.4, 0.5) is 0 Å². The van der Waals surface area contributed by atoms with E-state index in [1.54, 1.807) is 0 Å². The predicted molar refractivity (Wildman–Crippen MR) is 78.1 cm³/mol. The third kappa shape index (κ3) is 1.70. The summed E-state index contributed by atoms with van der Waals surface area (Å²) in [6.07, 6.45) is 10.9. The number of carbonyl (C=O) groups excluding carboxylic acids is 1. The van der Waals surface area contributed by atoms with E-state index in [9.17, 15) is 9.90 Å². The van der Waals surface area contributed by atoms with Crippen LogP contribution in [-0.4, -0.2) is 17.0 Å². The van der Waals surface area contributed by atoms with Crippen molar-refractivity contribution in [2.24, 2.45) is 29.1 Å². The molecule has 0 amide bonds. The van der Waals surface area contributed by atoms with Gasteiger partial charge in [-0.05, 0) is 80.1 Å². The molecule has 0 aliphatic heterocycles. The highest BCUT2D eigenvalue weighted by atomic mass is 16.3. The molecule has 4 rings (SSSR count). The van der Waals surface area contributed by atoms with Gasteiger partial charge in [0.15, 0.2) is 5.78 Å². The summed E-state index contributed by atoms with van der Waals surface area (Å²) >= 11 is 0. The lowest BCUT2D eigenvalue weighted by Gasteiger charge is -2.53. The molecule has 0 aromatic carbocycles. The summed E-state index contributed by atoms with van der Waals surface area (Å²) in [7, 11) is 0. The van der Waals surface area contributed by atoms with Crippen molar-refractivity contribution in [3.05, 3.63) is 11.6 Å². The fourth-order valence-corrected chi connectivity index (χ4v) is 6.15. The molecule has 4 aliphatic rings. The summed E-state index contributed by atoms with van der Waals surface area (Å²) in [6.45, 7) is 2.33. The number of fused-ring (bicyclic) bond motifs is 5. The van der Waals surface area contributed by atoms with E-state index in [0.29, 0.717) is 11.7 Å². The van der Waals surface area contributed by atoms with Crippen molar-refractivity contribution < 1.29 is 9.90 Å². The Labute approximate surface area is 121 Å². The zero-order chi connectivity index (χ0) is 13.9. The van der Waals surface area contributed by atoms with Gasteiger partial charge in [-0.1, -0.05) is 12.5 Å². The molecule has 0 aromatic rings. The van der Waals surface area contributed by atoms with E-state index in [-0.39, 0.29) is 11.5 Å². The second-order valence-corrected chi connectivity index (χ2v) is 7.94. The minimum atomic E-state index is -0.0710. The Balaban J connectivity index is 1.63. The van der Waals surface area contributed by atoms with Gasteiger partial charge >= 0.3 is 0 Å². The van der Waals surface area contributed by atoms with E-state index in [4.69, 9.17) is 0 Å². The number of ketones is 1. The highest BCUT2D eigenvalue weighted by molar-refractivity contribution is 5.91. The van der Waals surface area contributed by atoms with Crippen LogP contribution in [0.1, 0.15) is 58.3 Å². The molecule has 20 heavy (non-hydrogen) atoms. The maximum atomic E-state index is 11.6. The van der Waals surface area contributed by atoms with Crippen molar-refractivity contribution in [2.45, 2.75) is 64.4 Å². The van der Waals surface area contributed by atoms with Crippen molar-refractivity contribution in [1.29, 1.82) is 0 Å². The summed E-state index contributed by atoms with van der Waals surface area (Å²) < 4.78 is 0. The smallest absolute Gasteiger partial charge is 0.155 e. The maximum Gasteiger partial charge on any atom is 0.155 e. The molecule has 2 heteroatoms. The molecule has 0 spiro atoms. The van der Waals surface area contributed by atoms with E-state index in [1.165, 1.54) is 31.3 Å². The van der Waals surface area contributed by atoms with Gasteiger partial charge in [0.2, 0.25) is 0 Å². The monoisotopic (exact) mass is 274 g/mol. The van der Waals surface area contributed by atoms with Crippen molar-refractivity contribution in [3.63, 3.8) is 0 Å². The highest BCUT2D eigenvalue weighted by Crippen LogP contribution is 2.61. The number of carbonyl (C=O) groups is 1. The van der Waals surface area contributed by atoms with E-state index >= 15 is 0 Å². The van der Waals surface area contributed by atoms with Crippen LogP contribution in [0, 0.1) is 29.1 Å². The Hall–Kier alpha value is -0.630. The molecular formula is C18H26O2. The Morgan fingerprint density at radius 1 is 1.10 bits per heavy atom. The summed E-state index contributed by atoms with van der Waals surface area (Å²) in [6, 6.07) is 0. The number of hydrogen-bond donors (Lipinski definition) is 1. The number of aliphatic hydroxyl groups excluding tert-OH is 1. The van der Waals surface area contributed by atoms with Crippen LogP contribution in [0.15, 0.2) is 11.6 Å². The van der Waals surface area contributed by atoms with Crippen LogP contribution in [0.25, 0.3) is 0 Å². The zero-order valence-electron chi connectivity index (χ0n) is 12.5. The fraction of sp³-hybridized carbons (Fsp3) is 0.833. The van der Waals surface area contributed by atoms with Crippen LogP contribution in [0.3, 0.4) is 0 Å². The third-order valence-electron chi connectivity index (χ3n) is 7.25.